The van der Waals surface area contributed by atoms with E-state index in [0.717, 1.165) is 17.4 Å². The van der Waals surface area contributed by atoms with E-state index in [4.69, 9.17) is 4.74 Å². The summed E-state index contributed by atoms with van der Waals surface area (Å²) in [6, 6.07) is 9.84. The summed E-state index contributed by atoms with van der Waals surface area (Å²) in [5.41, 5.74) is 0.174. The van der Waals surface area contributed by atoms with Crippen molar-refractivity contribution in [2.45, 2.75) is 12.7 Å². The molecule has 1 aromatic carbocycles. The molecule has 0 aliphatic carbocycles. The zero-order chi connectivity index (χ0) is 19.7. The van der Waals surface area contributed by atoms with Crippen molar-refractivity contribution in [2.75, 3.05) is 32.6 Å². The molecule has 0 aliphatic rings. The number of nitrogens with zero attached hydrogens (tertiary/aromatic N) is 2. The second-order valence-electron chi connectivity index (χ2n) is 5.49. The Labute approximate surface area is 155 Å². The number of alkyl halides is 3. The summed E-state index contributed by atoms with van der Waals surface area (Å²) in [6.45, 7) is 1.10. The van der Waals surface area contributed by atoms with Crippen LogP contribution in [0.1, 0.15) is 11.1 Å². The Morgan fingerprint density at radius 1 is 1.11 bits per heavy atom. The van der Waals surface area contributed by atoms with Crippen molar-refractivity contribution in [3.05, 3.63) is 53.7 Å². The van der Waals surface area contributed by atoms with Gasteiger partial charge in [-0.3, -0.25) is 4.99 Å². The van der Waals surface area contributed by atoms with Crippen LogP contribution in [0.4, 0.5) is 19.0 Å². The lowest BCUT2D eigenvalue weighted by Crippen LogP contribution is -2.39. The average Bonchev–Trinajstić information content (AvgIpc) is 2.67. The minimum atomic E-state index is -4.45. The van der Waals surface area contributed by atoms with Gasteiger partial charge in [-0.05, 0) is 18.2 Å². The maximum atomic E-state index is 12.9. The first-order chi connectivity index (χ1) is 13.0. The first-order valence-corrected chi connectivity index (χ1v) is 8.28. The molecule has 1 aromatic heterocycles. The van der Waals surface area contributed by atoms with Crippen molar-refractivity contribution in [1.29, 1.82) is 0 Å². The summed E-state index contributed by atoms with van der Waals surface area (Å²) in [7, 11) is 3.22. The molecule has 0 unspecified atom stereocenters. The Morgan fingerprint density at radius 3 is 2.59 bits per heavy atom. The molecule has 0 saturated carbocycles. The largest absolute Gasteiger partial charge is 0.496 e. The Balaban J connectivity index is 1.82. The van der Waals surface area contributed by atoms with Crippen LogP contribution in [0.15, 0.2) is 47.6 Å². The van der Waals surface area contributed by atoms with E-state index >= 15 is 0 Å². The number of benzene rings is 1. The molecule has 0 atom stereocenters. The van der Waals surface area contributed by atoms with E-state index in [1.165, 1.54) is 12.3 Å². The molecule has 0 amide bonds. The van der Waals surface area contributed by atoms with Gasteiger partial charge in [-0.2, -0.15) is 13.2 Å². The van der Waals surface area contributed by atoms with Crippen LogP contribution in [0, 0.1) is 0 Å². The Hall–Kier alpha value is -2.97. The molecule has 9 heteroatoms. The molecule has 2 aromatic rings. The van der Waals surface area contributed by atoms with Gasteiger partial charge in [0.25, 0.3) is 0 Å². The highest BCUT2D eigenvalue weighted by atomic mass is 19.4. The minimum Gasteiger partial charge on any atom is -0.496 e. The highest BCUT2D eigenvalue weighted by Crippen LogP contribution is 2.33. The van der Waals surface area contributed by atoms with Crippen molar-refractivity contribution in [1.82, 2.24) is 15.6 Å². The Morgan fingerprint density at radius 2 is 1.89 bits per heavy atom. The summed E-state index contributed by atoms with van der Waals surface area (Å²) >= 11 is 0. The molecule has 3 N–H and O–H groups in total. The van der Waals surface area contributed by atoms with Gasteiger partial charge < -0.3 is 20.7 Å². The van der Waals surface area contributed by atoms with Crippen molar-refractivity contribution >= 4 is 11.8 Å². The fraction of sp³-hybridized carbons (Fsp3) is 0.333. The molecule has 27 heavy (non-hydrogen) atoms. The Kier molecular flexibility index (Phi) is 7.27. The smallest absolute Gasteiger partial charge is 0.419 e. The van der Waals surface area contributed by atoms with Crippen LogP contribution >= 0.6 is 0 Å². The summed E-state index contributed by atoms with van der Waals surface area (Å²) < 4.78 is 44.1. The normalized spacial score (nSPS) is 11.8. The molecule has 0 spiro atoms. The van der Waals surface area contributed by atoms with Crippen LogP contribution in [0.25, 0.3) is 0 Å². The van der Waals surface area contributed by atoms with Crippen molar-refractivity contribution < 1.29 is 17.9 Å². The molecule has 0 saturated heterocycles. The fourth-order valence-corrected chi connectivity index (χ4v) is 2.39. The summed E-state index contributed by atoms with van der Waals surface area (Å²) in [6.07, 6.45) is -3.13. The highest BCUT2D eigenvalue weighted by Gasteiger charge is 2.33. The number of nitrogens with one attached hydrogen (secondary N) is 3. The van der Waals surface area contributed by atoms with Crippen LogP contribution in [0.2, 0.25) is 0 Å². The monoisotopic (exact) mass is 381 g/mol. The van der Waals surface area contributed by atoms with Gasteiger partial charge in [0.2, 0.25) is 0 Å². The third kappa shape index (κ3) is 6.05. The van der Waals surface area contributed by atoms with Gasteiger partial charge in [0, 0.05) is 38.4 Å². The molecule has 0 bridgehead atoms. The van der Waals surface area contributed by atoms with E-state index < -0.39 is 11.7 Å². The predicted molar refractivity (Wildman–Crippen MR) is 98.9 cm³/mol. The molecule has 1 heterocycles. The van der Waals surface area contributed by atoms with Crippen LogP contribution in [0.5, 0.6) is 5.75 Å². The number of halogens is 3. The minimum absolute atomic E-state index is 0.191. The fourth-order valence-electron chi connectivity index (χ4n) is 2.39. The quantitative estimate of drug-likeness (QED) is 0.391. The number of ether oxygens (including phenoxy) is 1. The van der Waals surface area contributed by atoms with Gasteiger partial charge in [0.15, 0.2) is 5.96 Å². The number of aromatic nitrogens is 1. The van der Waals surface area contributed by atoms with Crippen LogP contribution in [-0.4, -0.2) is 38.2 Å². The van der Waals surface area contributed by atoms with E-state index in [2.05, 4.69) is 25.9 Å². The molecule has 6 nitrogen and oxygen atoms in total. The summed E-state index contributed by atoms with van der Waals surface area (Å²) in [5, 5.41) is 8.86. The Bertz CT molecular complexity index is 765. The van der Waals surface area contributed by atoms with Crippen LogP contribution in [0.3, 0.4) is 0 Å². The van der Waals surface area contributed by atoms with Crippen molar-refractivity contribution in [3.63, 3.8) is 0 Å². The zero-order valence-corrected chi connectivity index (χ0v) is 15.1. The maximum Gasteiger partial charge on any atom is 0.419 e. The number of guanidine groups is 1. The molecule has 0 aliphatic heterocycles. The average molecular weight is 381 g/mol. The van der Waals surface area contributed by atoms with Crippen LogP contribution in [-0.2, 0) is 12.7 Å². The summed E-state index contributed by atoms with van der Waals surface area (Å²) in [4.78, 5) is 7.85. The van der Waals surface area contributed by atoms with Gasteiger partial charge in [-0.15, -0.1) is 0 Å². The molecule has 0 fully saturated rings. The molecular weight excluding hydrogens is 359 g/mol. The van der Waals surface area contributed by atoms with Gasteiger partial charge in [-0.1, -0.05) is 18.2 Å². The summed E-state index contributed by atoms with van der Waals surface area (Å²) in [5.74, 6) is 1.10. The number of anilines is 1. The SMILES string of the molecule is CN=C(NCCNc1ncccc1C(F)(F)F)NCc1ccccc1OC. The lowest BCUT2D eigenvalue weighted by Gasteiger charge is -2.15. The second-order valence-corrected chi connectivity index (χ2v) is 5.49. The molecule has 2 rings (SSSR count). The first-order valence-electron chi connectivity index (χ1n) is 8.28. The van der Waals surface area contributed by atoms with Crippen LogP contribution < -0.4 is 20.7 Å². The van der Waals surface area contributed by atoms with E-state index in [1.807, 2.05) is 24.3 Å². The number of methoxy groups -OCH3 is 1. The lowest BCUT2D eigenvalue weighted by molar-refractivity contribution is -0.137. The first kappa shape index (κ1) is 20.3. The van der Waals surface area contributed by atoms with Gasteiger partial charge in [0.05, 0.1) is 12.7 Å². The number of pyridine rings is 1. The number of aliphatic imine (C=N–C) groups is 1. The molecular formula is C18H22F3N5O. The maximum absolute atomic E-state index is 12.9. The standard InChI is InChI=1S/C18H22F3N5O/c1-22-17(26-12-13-6-3-4-8-15(13)27-2)25-11-10-24-16-14(18(19,20)21)7-5-9-23-16/h3-9H,10-12H2,1-2H3,(H,23,24)(H2,22,25,26). The van der Waals surface area contributed by atoms with E-state index in [1.54, 1.807) is 14.2 Å². The van der Waals surface area contributed by atoms with Gasteiger partial charge in [0.1, 0.15) is 11.6 Å². The van der Waals surface area contributed by atoms with E-state index in [9.17, 15) is 13.2 Å². The number of hydrogen-bond acceptors (Lipinski definition) is 4. The number of hydrogen-bond donors (Lipinski definition) is 3. The van der Waals surface area contributed by atoms with E-state index in [0.29, 0.717) is 19.0 Å². The molecule has 0 radical (unpaired) electrons. The van der Waals surface area contributed by atoms with E-state index in [-0.39, 0.29) is 12.4 Å². The third-order valence-corrected chi connectivity index (χ3v) is 3.69. The number of para-hydroxylation sites is 1. The highest BCUT2D eigenvalue weighted by molar-refractivity contribution is 5.79. The third-order valence-electron chi connectivity index (χ3n) is 3.69. The number of rotatable bonds is 7. The zero-order valence-electron chi connectivity index (χ0n) is 15.1. The second kappa shape index (κ2) is 9.65. The predicted octanol–water partition coefficient (Wildman–Crippen LogP) is 2.89. The van der Waals surface area contributed by atoms with Gasteiger partial charge >= 0.3 is 6.18 Å². The van der Waals surface area contributed by atoms with Gasteiger partial charge in [-0.25, -0.2) is 4.98 Å². The lowest BCUT2D eigenvalue weighted by atomic mass is 10.2. The molecule has 146 valence electrons. The van der Waals surface area contributed by atoms with Crippen molar-refractivity contribution in [3.8, 4) is 5.75 Å². The van der Waals surface area contributed by atoms with Crippen molar-refractivity contribution in [2.24, 2.45) is 4.99 Å². The topological polar surface area (TPSA) is 70.6 Å².